The van der Waals surface area contributed by atoms with Gasteiger partial charge in [-0.15, -0.1) is 6.58 Å². The zero-order valence-corrected chi connectivity index (χ0v) is 9.36. The summed E-state index contributed by atoms with van der Waals surface area (Å²) in [4.78, 5) is 11.8. The van der Waals surface area contributed by atoms with Crippen LogP contribution in [0.1, 0.15) is 24.8 Å². The Kier molecular flexibility index (Phi) is 3.35. The van der Waals surface area contributed by atoms with Gasteiger partial charge in [0, 0.05) is 5.92 Å². The van der Waals surface area contributed by atoms with E-state index in [0.29, 0.717) is 0 Å². The SMILES string of the molecule is C=CCC1CCC(c2ccccc2)=CC1=O. The molecule has 1 heteroatoms. The Labute approximate surface area is 96.5 Å². The van der Waals surface area contributed by atoms with Crippen molar-refractivity contribution in [3.8, 4) is 0 Å². The van der Waals surface area contributed by atoms with Crippen LogP contribution in [0.25, 0.3) is 5.57 Å². The fourth-order valence-electron chi connectivity index (χ4n) is 2.15. The van der Waals surface area contributed by atoms with Crippen LogP contribution >= 0.6 is 0 Å². The van der Waals surface area contributed by atoms with Gasteiger partial charge in [-0.2, -0.15) is 0 Å². The van der Waals surface area contributed by atoms with Crippen LogP contribution in [0.15, 0.2) is 49.1 Å². The van der Waals surface area contributed by atoms with E-state index in [2.05, 4.69) is 18.7 Å². The Bertz CT molecular complexity index is 414. The van der Waals surface area contributed by atoms with Crippen molar-refractivity contribution < 1.29 is 4.79 Å². The van der Waals surface area contributed by atoms with Crippen molar-refractivity contribution in [2.75, 3.05) is 0 Å². The molecular formula is C15H16O. The van der Waals surface area contributed by atoms with Crippen molar-refractivity contribution in [1.82, 2.24) is 0 Å². The Morgan fingerprint density at radius 3 is 2.69 bits per heavy atom. The van der Waals surface area contributed by atoms with Gasteiger partial charge in [0.15, 0.2) is 5.78 Å². The lowest BCUT2D eigenvalue weighted by atomic mass is 9.84. The molecule has 82 valence electrons. The predicted octanol–water partition coefficient (Wildman–Crippen LogP) is 3.63. The van der Waals surface area contributed by atoms with Crippen LogP contribution < -0.4 is 0 Å². The van der Waals surface area contributed by atoms with Crippen molar-refractivity contribution in [3.63, 3.8) is 0 Å². The van der Waals surface area contributed by atoms with Crippen LogP contribution in [-0.4, -0.2) is 5.78 Å². The van der Waals surface area contributed by atoms with Gasteiger partial charge >= 0.3 is 0 Å². The van der Waals surface area contributed by atoms with Crippen molar-refractivity contribution in [1.29, 1.82) is 0 Å². The molecule has 1 aliphatic rings. The minimum absolute atomic E-state index is 0.157. The van der Waals surface area contributed by atoms with Crippen LogP contribution in [0.4, 0.5) is 0 Å². The normalized spacial score (nSPS) is 20.4. The minimum Gasteiger partial charge on any atom is -0.295 e. The number of carbonyl (C=O) groups excluding carboxylic acids is 1. The third kappa shape index (κ3) is 2.30. The summed E-state index contributed by atoms with van der Waals surface area (Å²) in [5.74, 6) is 0.412. The highest BCUT2D eigenvalue weighted by molar-refractivity contribution is 6.00. The smallest absolute Gasteiger partial charge is 0.159 e. The van der Waals surface area contributed by atoms with E-state index < -0.39 is 0 Å². The molecule has 1 nitrogen and oxygen atoms in total. The zero-order chi connectivity index (χ0) is 11.4. The quantitative estimate of drug-likeness (QED) is 0.699. The summed E-state index contributed by atoms with van der Waals surface area (Å²) in [6, 6.07) is 10.1. The molecule has 2 rings (SSSR count). The summed E-state index contributed by atoms with van der Waals surface area (Å²) >= 11 is 0. The summed E-state index contributed by atoms with van der Waals surface area (Å²) in [5.41, 5.74) is 2.35. The lowest BCUT2D eigenvalue weighted by molar-refractivity contribution is -0.118. The Hall–Kier alpha value is -1.63. The van der Waals surface area contributed by atoms with Gasteiger partial charge in [0.2, 0.25) is 0 Å². The topological polar surface area (TPSA) is 17.1 Å². The largest absolute Gasteiger partial charge is 0.295 e. The van der Waals surface area contributed by atoms with Gasteiger partial charge in [-0.1, -0.05) is 36.4 Å². The molecule has 0 amide bonds. The molecule has 0 radical (unpaired) electrons. The zero-order valence-electron chi connectivity index (χ0n) is 9.36. The highest BCUT2D eigenvalue weighted by Crippen LogP contribution is 2.29. The Morgan fingerprint density at radius 1 is 1.31 bits per heavy atom. The van der Waals surface area contributed by atoms with E-state index in [9.17, 15) is 4.79 Å². The standard InChI is InChI=1S/C15H16O/c1-2-6-13-9-10-14(11-15(13)16)12-7-4-3-5-8-12/h2-5,7-8,11,13H,1,6,9-10H2. The lowest BCUT2D eigenvalue weighted by Crippen LogP contribution is -2.16. The van der Waals surface area contributed by atoms with Gasteiger partial charge < -0.3 is 0 Å². The maximum absolute atomic E-state index is 11.8. The minimum atomic E-state index is 0.157. The molecule has 1 aromatic carbocycles. The summed E-state index contributed by atoms with van der Waals surface area (Å²) in [6.07, 6.45) is 6.40. The summed E-state index contributed by atoms with van der Waals surface area (Å²) < 4.78 is 0. The van der Waals surface area contributed by atoms with Crippen LogP contribution in [0.3, 0.4) is 0 Å². The highest BCUT2D eigenvalue weighted by atomic mass is 16.1. The molecule has 1 aromatic rings. The van der Waals surface area contributed by atoms with Crippen molar-refractivity contribution >= 4 is 11.4 Å². The second kappa shape index (κ2) is 4.93. The summed E-state index contributed by atoms with van der Waals surface area (Å²) in [5, 5.41) is 0. The van der Waals surface area contributed by atoms with E-state index in [0.717, 1.165) is 19.3 Å². The third-order valence-electron chi connectivity index (χ3n) is 3.08. The number of hydrogen-bond acceptors (Lipinski definition) is 1. The fourth-order valence-corrected chi connectivity index (χ4v) is 2.15. The van der Waals surface area contributed by atoms with E-state index in [1.807, 2.05) is 30.4 Å². The van der Waals surface area contributed by atoms with Gasteiger partial charge in [-0.25, -0.2) is 0 Å². The van der Waals surface area contributed by atoms with E-state index in [1.165, 1.54) is 11.1 Å². The van der Waals surface area contributed by atoms with Gasteiger partial charge in [-0.05, 0) is 36.5 Å². The molecule has 0 saturated heterocycles. The Balaban J connectivity index is 2.18. The molecule has 0 aliphatic heterocycles. The molecule has 0 N–H and O–H groups in total. The second-order valence-electron chi connectivity index (χ2n) is 4.20. The molecule has 0 saturated carbocycles. The second-order valence-corrected chi connectivity index (χ2v) is 4.20. The Morgan fingerprint density at radius 2 is 2.06 bits per heavy atom. The van der Waals surface area contributed by atoms with Crippen LogP contribution in [0, 0.1) is 5.92 Å². The van der Waals surface area contributed by atoms with Crippen LogP contribution in [0.5, 0.6) is 0 Å². The monoisotopic (exact) mass is 212 g/mol. The van der Waals surface area contributed by atoms with Crippen LogP contribution in [-0.2, 0) is 4.79 Å². The summed E-state index contributed by atoms with van der Waals surface area (Å²) in [6.45, 7) is 3.69. The maximum atomic E-state index is 11.8. The van der Waals surface area contributed by atoms with Gasteiger partial charge in [0.1, 0.15) is 0 Å². The third-order valence-corrected chi connectivity index (χ3v) is 3.08. The predicted molar refractivity (Wildman–Crippen MR) is 67.0 cm³/mol. The van der Waals surface area contributed by atoms with Gasteiger partial charge in [0.25, 0.3) is 0 Å². The number of ketones is 1. The number of rotatable bonds is 3. The van der Waals surface area contributed by atoms with Gasteiger partial charge in [0.05, 0.1) is 0 Å². The number of benzene rings is 1. The molecule has 0 heterocycles. The average Bonchev–Trinajstić information content (AvgIpc) is 2.33. The molecule has 0 fully saturated rings. The first kappa shape index (κ1) is 10.9. The number of carbonyl (C=O) groups is 1. The molecule has 1 aliphatic carbocycles. The molecule has 1 unspecified atom stereocenters. The highest BCUT2D eigenvalue weighted by Gasteiger charge is 2.21. The lowest BCUT2D eigenvalue weighted by Gasteiger charge is -2.19. The van der Waals surface area contributed by atoms with Crippen LogP contribution in [0.2, 0.25) is 0 Å². The van der Waals surface area contributed by atoms with Crippen molar-refractivity contribution in [2.45, 2.75) is 19.3 Å². The number of hydrogen-bond donors (Lipinski definition) is 0. The molecule has 0 spiro atoms. The van der Waals surface area contributed by atoms with E-state index in [1.54, 1.807) is 0 Å². The first-order chi connectivity index (χ1) is 7.81. The van der Waals surface area contributed by atoms with Crippen molar-refractivity contribution in [3.05, 3.63) is 54.6 Å². The average molecular weight is 212 g/mol. The maximum Gasteiger partial charge on any atom is 0.159 e. The summed E-state index contributed by atoms with van der Waals surface area (Å²) in [7, 11) is 0. The molecule has 1 atom stereocenters. The number of allylic oxidation sites excluding steroid dienone is 3. The fraction of sp³-hybridized carbons (Fsp3) is 0.267. The van der Waals surface area contributed by atoms with E-state index in [4.69, 9.17) is 0 Å². The molecule has 0 aromatic heterocycles. The molecule has 16 heavy (non-hydrogen) atoms. The molecule has 0 bridgehead atoms. The van der Waals surface area contributed by atoms with E-state index >= 15 is 0 Å². The van der Waals surface area contributed by atoms with E-state index in [-0.39, 0.29) is 11.7 Å². The van der Waals surface area contributed by atoms with Crippen molar-refractivity contribution in [2.24, 2.45) is 5.92 Å². The van der Waals surface area contributed by atoms with Gasteiger partial charge in [-0.3, -0.25) is 4.79 Å². The first-order valence-electron chi connectivity index (χ1n) is 5.72. The first-order valence-corrected chi connectivity index (χ1v) is 5.72. The molecular weight excluding hydrogens is 196 g/mol.